The molecule has 4 rings (SSSR count). The van der Waals surface area contributed by atoms with E-state index in [1.165, 1.54) is 6.26 Å². The average Bonchev–Trinajstić information content (AvgIpc) is 3.42. The number of nitriles is 1. The predicted octanol–water partition coefficient (Wildman–Crippen LogP) is 2.12. The molecule has 0 bridgehead atoms. The van der Waals surface area contributed by atoms with Crippen LogP contribution >= 0.6 is 0 Å². The zero-order valence-electron chi connectivity index (χ0n) is 16.2. The Labute approximate surface area is 163 Å². The highest BCUT2D eigenvalue weighted by Gasteiger charge is 2.51. The van der Waals surface area contributed by atoms with Gasteiger partial charge in [-0.25, -0.2) is 0 Å². The van der Waals surface area contributed by atoms with Crippen molar-refractivity contribution in [3.63, 3.8) is 0 Å². The number of carbonyl (C=O) groups excluding carboxylic acids is 1. The van der Waals surface area contributed by atoms with E-state index >= 15 is 0 Å². The third kappa shape index (κ3) is 3.32. The molecule has 28 heavy (non-hydrogen) atoms. The molecule has 0 spiro atoms. The third-order valence-electron chi connectivity index (χ3n) is 6.27. The lowest BCUT2D eigenvalue weighted by molar-refractivity contribution is -0.0679. The van der Waals surface area contributed by atoms with Gasteiger partial charge in [-0.3, -0.25) is 9.69 Å². The number of fused-ring (bicyclic) bond motifs is 1. The van der Waals surface area contributed by atoms with Crippen LogP contribution in [0, 0.1) is 18.3 Å². The van der Waals surface area contributed by atoms with Crippen LogP contribution in [0.4, 0.5) is 0 Å². The van der Waals surface area contributed by atoms with Crippen LogP contribution in [0.2, 0.25) is 0 Å². The second kappa shape index (κ2) is 7.41. The summed E-state index contributed by atoms with van der Waals surface area (Å²) < 4.78 is 10.8. The van der Waals surface area contributed by atoms with Gasteiger partial charge in [-0.05, 0) is 38.7 Å². The highest BCUT2D eigenvalue weighted by molar-refractivity contribution is 5.92. The Balaban J connectivity index is 1.47. The first kappa shape index (κ1) is 18.7. The summed E-state index contributed by atoms with van der Waals surface area (Å²) in [6.07, 6.45) is 4.98. The SMILES string of the molecule is CO[C@@]12CC[C@@H](NC(=O)c3ccon3)C[C@@H]1N(Cc1cc(C#N)c(C)[nH]1)CC2. The summed E-state index contributed by atoms with van der Waals surface area (Å²) >= 11 is 0. The molecule has 3 atom stereocenters. The van der Waals surface area contributed by atoms with E-state index in [2.05, 4.69) is 26.4 Å². The van der Waals surface area contributed by atoms with Crippen molar-refractivity contribution in [3.05, 3.63) is 41.0 Å². The number of aryl methyl sites for hydroxylation is 1. The van der Waals surface area contributed by atoms with E-state index < -0.39 is 0 Å². The molecule has 1 saturated carbocycles. The minimum Gasteiger partial charge on any atom is -0.377 e. The Morgan fingerprint density at radius 3 is 3.11 bits per heavy atom. The lowest BCUT2D eigenvalue weighted by Gasteiger charge is -2.44. The molecule has 1 aliphatic heterocycles. The Kier molecular flexibility index (Phi) is 4.96. The molecule has 8 nitrogen and oxygen atoms in total. The van der Waals surface area contributed by atoms with Gasteiger partial charge in [0.1, 0.15) is 12.3 Å². The minimum atomic E-state index is -0.202. The summed E-state index contributed by atoms with van der Waals surface area (Å²) in [4.78, 5) is 18.1. The van der Waals surface area contributed by atoms with Crippen molar-refractivity contribution in [2.45, 2.75) is 56.8 Å². The number of aromatic nitrogens is 2. The number of nitrogens with one attached hydrogen (secondary N) is 2. The van der Waals surface area contributed by atoms with E-state index in [-0.39, 0.29) is 23.6 Å². The zero-order chi connectivity index (χ0) is 19.7. The molecule has 2 N–H and O–H groups in total. The van der Waals surface area contributed by atoms with Crippen LogP contribution in [0.15, 0.2) is 22.9 Å². The lowest BCUT2D eigenvalue weighted by Crippen LogP contribution is -2.54. The predicted molar refractivity (Wildman–Crippen MR) is 100 cm³/mol. The Morgan fingerprint density at radius 2 is 2.43 bits per heavy atom. The van der Waals surface area contributed by atoms with E-state index in [0.717, 1.165) is 50.2 Å². The number of likely N-dealkylation sites (tertiary alicyclic amines) is 1. The maximum absolute atomic E-state index is 12.3. The van der Waals surface area contributed by atoms with Gasteiger partial charge in [-0.2, -0.15) is 5.26 Å². The first-order valence-corrected chi connectivity index (χ1v) is 9.63. The molecule has 1 aliphatic carbocycles. The number of aromatic amines is 1. The van der Waals surface area contributed by atoms with E-state index in [4.69, 9.17) is 9.26 Å². The molecule has 0 radical (unpaired) electrons. The monoisotopic (exact) mass is 383 g/mol. The van der Waals surface area contributed by atoms with Crippen molar-refractivity contribution in [3.8, 4) is 6.07 Å². The molecular formula is C20H25N5O3. The van der Waals surface area contributed by atoms with E-state index in [1.54, 1.807) is 13.2 Å². The highest BCUT2D eigenvalue weighted by atomic mass is 16.5. The maximum atomic E-state index is 12.3. The van der Waals surface area contributed by atoms with Gasteiger partial charge in [-0.15, -0.1) is 0 Å². The number of amides is 1. The van der Waals surface area contributed by atoms with Gasteiger partial charge >= 0.3 is 0 Å². The molecule has 8 heteroatoms. The second-order valence-electron chi connectivity index (χ2n) is 7.78. The first-order chi connectivity index (χ1) is 13.5. The number of carbonyl (C=O) groups is 1. The van der Waals surface area contributed by atoms with Crippen molar-refractivity contribution < 1.29 is 14.1 Å². The van der Waals surface area contributed by atoms with E-state index in [1.807, 2.05) is 13.0 Å². The van der Waals surface area contributed by atoms with Crippen LogP contribution in [0.3, 0.4) is 0 Å². The fourth-order valence-corrected chi connectivity index (χ4v) is 4.75. The standard InChI is InChI=1S/C20H25N5O3/c1-13-14(11-21)9-16(22-13)12-25-7-6-20(27-2)5-3-15(10-18(20)25)23-19(26)17-4-8-28-24-17/h4,8-9,15,18,22H,3,5-7,10,12H2,1-2H3,(H,23,26)/t15-,18+,20-/m1/s1. The molecule has 0 unspecified atom stereocenters. The number of nitrogens with zero attached hydrogens (tertiary/aromatic N) is 3. The van der Waals surface area contributed by atoms with Crippen LogP contribution < -0.4 is 5.32 Å². The fourth-order valence-electron chi connectivity index (χ4n) is 4.75. The van der Waals surface area contributed by atoms with Gasteiger partial charge in [0.25, 0.3) is 5.91 Å². The number of ether oxygens (including phenoxy) is 1. The highest BCUT2D eigenvalue weighted by Crippen LogP contribution is 2.43. The fraction of sp³-hybridized carbons (Fsp3) is 0.550. The third-order valence-corrected chi connectivity index (χ3v) is 6.27. The van der Waals surface area contributed by atoms with Gasteiger partial charge in [0.15, 0.2) is 5.69 Å². The summed E-state index contributed by atoms with van der Waals surface area (Å²) in [5.41, 5.74) is 2.76. The van der Waals surface area contributed by atoms with E-state index in [0.29, 0.717) is 11.3 Å². The second-order valence-corrected chi connectivity index (χ2v) is 7.78. The normalized spacial score (nSPS) is 27.3. The molecule has 0 aromatic carbocycles. The summed E-state index contributed by atoms with van der Waals surface area (Å²) in [6, 6.07) is 6.00. The van der Waals surface area contributed by atoms with Gasteiger partial charge in [0.05, 0.1) is 11.2 Å². The van der Waals surface area contributed by atoms with Gasteiger partial charge in [0, 0.05) is 49.7 Å². The molecule has 2 aliphatic rings. The molecular weight excluding hydrogens is 358 g/mol. The van der Waals surface area contributed by atoms with Crippen LogP contribution in [-0.2, 0) is 11.3 Å². The zero-order valence-corrected chi connectivity index (χ0v) is 16.2. The smallest absolute Gasteiger partial charge is 0.273 e. The largest absolute Gasteiger partial charge is 0.377 e. The molecule has 1 saturated heterocycles. The Morgan fingerprint density at radius 1 is 1.57 bits per heavy atom. The van der Waals surface area contributed by atoms with Crippen LogP contribution in [0.25, 0.3) is 0 Å². The summed E-state index contributed by atoms with van der Waals surface area (Å²) in [7, 11) is 1.79. The molecule has 148 valence electrons. The summed E-state index contributed by atoms with van der Waals surface area (Å²) in [6.45, 7) is 3.59. The molecule has 2 fully saturated rings. The number of rotatable bonds is 5. The first-order valence-electron chi connectivity index (χ1n) is 9.63. The van der Waals surface area contributed by atoms with Crippen molar-refractivity contribution >= 4 is 5.91 Å². The van der Waals surface area contributed by atoms with Crippen molar-refractivity contribution in [2.24, 2.45) is 0 Å². The van der Waals surface area contributed by atoms with Crippen molar-refractivity contribution in [1.82, 2.24) is 20.4 Å². The Hall–Kier alpha value is -2.63. The molecule has 2 aromatic rings. The Bertz CT molecular complexity index is 884. The average molecular weight is 383 g/mol. The topological polar surface area (TPSA) is 107 Å². The number of hydrogen-bond acceptors (Lipinski definition) is 6. The van der Waals surface area contributed by atoms with Gasteiger partial charge < -0.3 is 19.6 Å². The van der Waals surface area contributed by atoms with Gasteiger partial charge in [0.2, 0.25) is 0 Å². The lowest BCUT2D eigenvalue weighted by atomic mass is 9.78. The number of hydrogen-bond donors (Lipinski definition) is 2. The number of methoxy groups -OCH3 is 1. The van der Waals surface area contributed by atoms with Crippen LogP contribution in [-0.4, -0.2) is 52.3 Å². The maximum Gasteiger partial charge on any atom is 0.273 e. The summed E-state index contributed by atoms with van der Waals surface area (Å²) in [5.74, 6) is -0.202. The van der Waals surface area contributed by atoms with Crippen molar-refractivity contribution in [1.29, 1.82) is 5.26 Å². The van der Waals surface area contributed by atoms with Gasteiger partial charge in [-0.1, -0.05) is 5.16 Å². The molecule has 1 amide bonds. The molecule has 2 aromatic heterocycles. The van der Waals surface area contributed by atoms with Crippen LogP contribution in [0.1, 0.15) is 53.1 Å². The quantitative estimate of drug-likeness (QED) is 0.819. The minimum absolute atomic E-state index is 0.0677. The summed E-state index contributed by atoms with van der Waals surface area (Å²) in [5, 5.41) is 16.0. The number of H-pyrrole nitrogens is 1. The van der Waals surface area contributed by atoms with Crippen LogP contribution in [0.5, 0.6) is 0 Å². The molecule has 3 heterocycles. The van der Waals surface area contributed by atoms with E-state index in [9.17, 15) is 10.1 Å². The van der Waals surface area contributed by atoms with Crippen molar-refractivity contribution in [2.75, 3.05) is 13.7 Å².